The van der Waals surface area contributed by atoms with E-state index in [1.54, 1.807) is 11.3 Å². The van der Waals surface area contributed by atoms with Gasteiger partial charge in [-0.15, -0.1) is 11.3 Å². The van der Waals surface area contributed by atoms with Crippen LogP contribution in [0.1, 0.15) is 29.0 Å². The van der Waals surface area contributed by atoms with E-state index < -0.39 is 5.60 Å². The van der Waals surface area contributed by atoms with Crippen molar-refractivity contribution in [2.75, 3.05) is 39.6 Å². The molecule has 0 saturated carbocycles. The molecule has 4 aliphatic rings. The molecule has 1 spiro atoms. The highest BCUT2D eigenvalue weighted by atomic mass is 32.1. The Kier molecular flexibility index (Phi) is 5.10. The minimum Gasteiger partial charge on any atom is -0.454 e. The average molecular weight is 542 g/mol. The fourth-order valence-corrected chi connectivity index (χ4v) is 7.50. The maximum absolute atomic E-state index is 9.41. The summed E-state index contributed by atoms with van der Waals surface area (Å²) in [6, 6.07) is 8.51. The number of nitrogens with zero attached hydrogens (tertiary/aromatic N) is 4. The van der Waals surface area contributed by atoms with Crippen LogP contribution in [0.5, 0.6) is 11.5 Å². The summed E-state index contributed by atoms with van der Waals surface area (Å²) >= 11 is 1.66. The summed E-state index contributed by atoms with van der Waals surface area (Å²) in [7, 11) is 0. The normalized spacial score (nSPS) is 22.9. The van der Waals surface area contributed by atoms with Gasteiger partial charge in [0.15, 0.2) is 11.5 Å². The van der Waals surface area contributed by atoms with Crippen LogP contribution in [0.15, 0.2) is 30.6 Å². The molecule has 0 radical (unpaired) electrons. The molecule has 4 aromatic rings. The maximum atomic E-state index is 9.41. The van der Waals surface area contributed by atoms with Crippen molar-refractivity contribution in [2.45, 2.75) is 32.0 Å². The molecule has 4 aliphatic heterocycles. The van der Waals surface area contributed by atoms with E-state index in [1.807, 2.05) is 25.4 Å². The number of hydrogen-bond donors (Lipinski definition) is 1. The molecule has 39 heavy (non-hydrogen) atoms. The first-order valence-corrected chi connectivity index (χ1v) is 14.1. The Morgan fingerprint density at radius 2 is 2.08 bits per heavy atom. The Morgan fingerprint density at radius 1 is 1.18 bits per heavy atom. The van der Waals surface area contributed by atoms with Gasteiger partial charge in [-0.25, -0.2) is 9.97 Å². The van der Waals surface area contributed by atoms with E-state index in [9.17, 15) is 5.26 Å². The average Bonchev–Trinajstić information content (AvgIpc) is 3.73. The molecule has 0 amide bonds. The Balaban J connectivity index is 1.28. The highest BCUT2D eigenvalue weighted by Crippen LogP contribution is 2.52. The molecule has 7 heterocycles. The first-order chi connectivity index (χ1) is 19.1. The molecule has 1 aromatic carbocycles. The molecular weight excluding hydrogens is 514 g/mol. The third-order valence-electron chi connectivity index (χ3n) is 8.53. The number of aromatic amines is 1. The SMILES string of the molecule is Cc1ncc(-c2[nH]c3ncc4c(c3c2-c2ccc3c(c2)OCO3)[C@]2(CCN(CC3(CC#N)COC3)C2)OC4)s1. The lowest BCUT2D eigenvalue weighted by Gasteiger charge is -2.42. The zero-order valence-corrected chi connectivity index (χ0v) is 22.4. The molecule has 10 heteroatoms. The molecule has 2 fully saturated rings. The summed E-state index contributed by atoms with van der Waals surface area (Å²) < 4.78 is 23.6. The van der Waals surface area contributed by atoms with E-state index in [1.165, 1.54) is 5.56 Å². The van der Waals surface area contributed by atoms with E-state index in [4.69, 9.17) is 23.9 Å². The van der Waals surface area contributed by atoms with Gasteiger partial charge in [0.1, 0.15) is 11.2 Å². The first kappa shape index (κ1) is 23.4. The number of hydrogen-bond acceptors (Lipinski definition) is 9. The number of ether oxygens (including phenoxy) is 4. The lowest BCUT2D eigenvalue weighted by molar-refractivity contribution is -0.124. The number of aryl methyl sites for hydroxylation is 1. The Bertz CT molecular complexity index is 1670. The van der Waals surface area contributed by atoms with Crippen molar-refractivity contribution in [3.05, 3.63) is 46.7 Å². The van der Waals surface area contributed by atoms with E-state index in [0.717, 1.165) is 80.9 Å². The highest BCUT2D eigenvalue weighted by Gasteiger charge is 2.50. The predicted octanol–water partition coefficient (Wildman–Crippen LogP) is 4.75. The minimum absolute atomic E-state index is 0.0712. The smallest absolute Gasteiger partial charge is 0.231 e. The molecule has 0 aliphatic carbocycles. The lowest BCUT2D eigenvalue weighted by atomic mass is 9.82. The molecule has 0 bridgehead atoms. The number of likely N-dealkylation sites (tertiary alicyclic amines) is 1. The van der Waals surface area contributed by atoms with Gasteiger partial charge in [-0.1, -0.05) is 6.07 Å². The van der Waals surface area contributed by atoms with E-state index in [-0.39, 0.29) is 12.2 Å². The van der Waals surface area contributed by atoms with Gasteiger partial charge in [-0.05, 0) is 31.0 Å². The van der Waals surface area contributed by atoms with Crippen LogP contribution in [0.25, 0.3) is 32.7 Å². The molecule has 3 aromatic heterocycles. The maximum Gasteiger partial charge on any atom is 0.231 e. The molecule has 8 rings (SSSR count). The number of benzene rings is 1. The topological polar surface area (TPSA) is 106 Å². The van der Waals surface area contributed by atoms with Crippen molar-refractivity contribution in [2.24, 2.45) is 5.41 Å². The monoisotopic (exact) mass is 541 g/mol. The van der Waals surface area contributed by atoms with Crippen LogP contribution >= 0.6 is 11.3 Å². The van der Waals surface area contributed by atoms with Gasteiger partial charge in [-0.3, -0.25) is 4.90 Å². The zero-order valence-electron chi connectivity index (χ0n) is 21.6. The minimum atomic E-state index is -0.427. The van der Waals surface area contributed by atoms with E-state index in [2.05, 4.69) is 33.1 Å². The molecule has 2 saturated heterocycles. The number of nitrogens with one attached hydrogen (secondary N) is 1. The molecule has 1 N–H and O–H groups in total. The second-order valence-corrected chi connectivity index (χ2v) is 12.4. The molecule has 198 valence electrons. The Labute approximate surface area is 229 Å². The number of H-pyrrole nitrogens is 1. The Morgan fingerprint density at radius 3 is 2.87 bits per heavy atom. The van der Waals surface area contributed by atoms with Gasteiger partial charge in [-0.2, -0.15) is 5.26 Å². The fraction of sp³-hybridized carbons (Fsp3) is 0.414. The largest absolute Gasteiger partial charge is 0.454 e. The molecular formula is C29H27N5O4S. The van der Waals surface area contributed by atoms with Gasteiger partial charge < -0.3 is 23.9 Å². The fourth-order valence-electron chi connectivity index (χ4n) is 6.71. The van der Waals surface area contributed by atoms with Gasteiger partial charge >= 0.3 is 0 Å². The summed E-state index contributed by atoms with van der Waals surface area (Å²) in [4.78, 5) is 16.6. The Hall–Kier alpha value is -3.49. The van der Waals surface area contributed by atoms with Crippen molar-refractivity contribution in [3.63, 3.8) is 0 Å². The molecule has 0 unspecified atom stereocenters. The van der Waals surface area contributed by atoms with E-state index in [0.29, 0.717) is 26.2 Å². The summed E-state index contributed by atoms with van der Waals surface area (Å²) in [5, 5.41) is 11.5. The summed E-state index contributed by atoms with van der Waals surface area (Å²) in [5.74, 6) is 1.51. The van der Waals surface area contributed by atoms with Crippen molar-refractivity contribution < 1.29 is 18.9 Å². The lowest BCUT2D eigenvalue weighted by Crippen LogP contribution is -2.50. The quantitative estimate of drug-likeness (QED) is 0.386. The first-order valence-electron chi connectivity index (χ1n) is 13.2. The van der Waals surface area contributed by atoms with Crippen molar-refractivity contribution in [3.8, 4) is 39.3 Å². The zero-order chi connectivity index (χ0) is 26.2. The van der Waals surface area contributed by atoms with Crippen molar-refractivity contribution in [1.29, 1.82) is 5.26 Å². The predicted molar refractivity (Wildman–Crippen MR) is 145 cm³/mol. The summed E-state index contributed by atoms with van der Waals surface area (Å²) in [5.41, 5.74) is 5.85. The summed E-state index contributed by atoms with van der Waals surface area (Å²) in [6.45, 7) is 6.65. The van der Waals surface area contributed by atoms with Crippen molar-refractivity contribution in [1.82, 2.24) is 19.9 Å². The van der Waals surface area contributed by atoms with Crippen LogP contribution in [-0.4, -0.2) is 59.5 Å². The molecule has 9 nitrogen and oxygen atoms in total. The van der Waals surface area contributed by atoms with Crippen LogP contribution in [0.3, 0.4) is 0 Å². The van der Waals surface area contributed by atoms with Crippen LogP contribution in [-0.2, 0) is 21.7 Å². The number of pyridine rings is 1. The standard InChI is InChI=1S/C29H27N5O4S/c1-17-31-10-22(39-17)26-23(18-2-3-20-21(8-18)37-16-36-20)24-25-19(9-32-27(24)33-26)11-38-29(25)5-7-34(13-29)12-28(4-6-30)14-35-15-28/h2-3,8-10H,4-5,7,11-16H2,1H3,(H,32,33)/t29-/m1/s1. The number of thiazole rings is 1. The van der Waals surface area contributed by atoms with Crippen LogP contribution in [0, 0.1) is 23.7 Å². The van der Waals surface area contributed by atoms with Crippen LogP contribution in [0.2, 0.25) is 0 Å². The second kappa shape index (κ2) is 8.50. The van der Waals surface area contributed by atoms with Gasteiger partial charge in [0, 0.05) is 65.9 Å². The highest BCUT2D eigenvalue weighted by molar-refractivity contribution is 7.15. The molecule has 1 atom stereocenters. The third kappa shape index (κ3) is 3.54. The number of aromatic nitrogens is 3. The van der Waals surface area contributed by atoms with Crippen LogP contribution in [0.4, 0.5) is 0 Å². The summed E-state index contributed by atoms with van der Waals surface area (Å²) in [6.07, 6.45) is 5.31. The number of rotatable bonds is 5. The van der Waals surface area contributed by atoms with Crippen molar-refractivity contribution >= 4 is 22.4 Å². The van der Waals surface area contributed by atoms with Gasteiger partial charge in [0.25, 0.3) is 0 Å². The van der Waals surface area contributed by atoms with Gasteiger partial charge in [0.05, 0.1) is 41.5 Å². The van der Waals surface area contributed by atoms with Crippen LogP contribution < -0.4 is 9.47 Å². The number of nitriles is 1. The van der Waals surface area contributed by atoms with E-state index >= 15 is 0 Å². The third-order valence-corrected chi connectivity index (χ3v) is 9.46. The number of fused-ring (bicyclic) bond motifs is 5. The second-order valence-electron chi connectivity index (χ2n) is 11.1. The van der Waals surface area contributed by atoms with Gasteiger partial charge in [0.2, 0.25) is 6.79 Å².